The topological polar surface area (TPSA) is 41.4 Å². The summed E-state index contributed by atoms with van der Waals surface area (Å²) in [5.41, 5.74) is 5.54. The number of benzene rings is 1. The maximum atomic E-state index is 4.77. The van der Waals surface area contributed by atoms with Crippen molar-refractivity contribution in [2.45, 2.75) is 33.6 Å². The van der Waals surface area contributed by atoms with Crippen molar-refractivity contribution in [3.8, 4) is 0 Å². The molecule has 2 aromatic rings. The van der Waals surface area contributed by atoms with Crippen LogP contribution < -0.4 is 5.01 Å². The molecule has 0 atom stereocenters. The zero-order valence-electron chi connectivity index (χ0n) is 12.8. The van der Waals surface area contributed by atoms with Crippen molar-refractivity contribution in [2.75, 3.05) is 11.6 Å². The zero-order chi connectivity index (χ0) is 14.8. The Balaban J connectivity index is 1.95. The minimum Gasteiger partial charge on any atom is -0.231 e. The van der Waals surface area contributed by atoms with Crippen molar-refractivity contribution < 1.29 is 0 Å². The summed E-state index contributed by atoms with van der Waals surface area (Å²) in [6.07, 6.45) is 2.08. The largest absolute Gasteiger partial charge is 0.246 e. The standard InChI is InChI=1S/C17H20N4/c1-12-6-4-7-15(10-12)16-8-5-9-21(20-16)17-18-13(2)11-14(3)19-17/h4,6-7,10-11H,5,8-9H2,1-3H3. The Bertz CT molecular complexity index is 671. The molecule has 108 valence electrons. The first-order chi connectivity index (χ1) is 10.1. The van der Waals surface area contributed by atoms with Crippen molar-refractivity contribution in [3.05, 3.63) is 52.8 Å². The molecule has 0 spiro atoms. The van der Waals surface area contributed by atoms with Gasteiger partial charge in [-0.3, -0.25) is 0 Å². The van der Waals surface area contributed by atoms with E-state index in [0.717, 1.165) is 36.5 Å². The summed E-state index contributed by atoms with van der Waals surface area (Å²) in [4.78, 5) is 9.02. The third-order valence-corrected chi connectivity index (χ3v) is 3.58. The molecule has 1 aliphatic heterocycles. The Morgan fingerprint density at radius 2 is 1.76 bits per heavy atom. The molecule has 0 saturated carbocycles. The second-order valence-corrected chi connectivity index (χ2v) is 5.59. The molecule has 4 heteroatoms. The molecule has 0 amide bonds. The van der Waals surface area contributed by atoms with E-state index in [1.165, 1.54) is 11.1 Å². The van der Waals surface area contributed by atoms with Gasteiger partial charge in [0.25, 0.3) is 0 Å². The highest BCUT2D eigenvalue weighted by atomic mass is 15.5. The van der Waals surface area contributed by atoms with E-state index in [1.807, 2.05) is 24.9 Å². The fraction of sp³-hybridized carbons (Fsp3) is 0.353. The lowest BCUT2D eigenvalue weighted by Crippen LogP contribution is -2.28. The third-order valence-electron chi connectivity index (χ3n) is 3.58. The molecular weight excluding hydrogens is 260 g/mol. The van der Waals surface area contributed by atoms with Crippen molar-refractivity contribution in [3.63, 3.8) is 0 Å². The molecule has 0 bridgehead atoms. The third kappa shape index (κ3) is 3.10. The number of aryl methyl sites for hydroxylation is 3. The first-order valence-corrected chi connectivity index (χ1v) is 7.36. The van der Waals surface area contributed by atoms with E-state index in [-0.39, 0.29) is 0 Å². The molecule has 3 rings (SSSR count). The molecule has 21 heavy (non-hydrogen) atoms. The molecule has 0 N–H and O–H groups in total. The van der Waals surface area contributed by atoms with Crippen molar-refractivity contribution in [1.82, 2.24) is 9.97 Å². The van der Waals surface area contributed by atoms with Gasteiger partial charge in [-0.15, -0.1) is 0 Å². The van der Waals surface area contributed by atoms with E-state index < -0.39 is 0 Å². The van der Waals surface area contributed by atoms with Crippen molar-refractivity contribution in [2.24, 2.45) is 5.10 Å². The number of hydrogen-bond donors (Lipinski definition) is 0. The summed E-state index contributed by atoms with van der Waals surface area (Å²) in [6, 6.07) is 10.5. The lowest BCUT2D eigenvalue weighted by atomic mass is 10.0. The molecule has 0 radical (unpaired) electrons. The number of aromatic nitrogens is 2. The minimum atomic E-state index is 0.706. The molecule has 1 aromatic heterocycles. The monoisotopic (exact) mass is 280 g/mol. The maximum absolute atomic E-state index is 4.77. The van der Waals surface area contributed by atoms with Gasteiger partial charge in [0.05, 0.1) is 5.71 Å². The van der Waals surface area contributed by atoms with Crippen LogP contribution in [-0.2, 0) is 0 Å². The summed E-state index contributed by atoms with van der Waals surface area (Å²) in [5, 5.41) is 6.70. The molecule has 0 unspecified atom stereocenters. The molecule has 0 saturated heterocycles. The van der Waals surface area contributed by atoms with Gasteiger partial charge in [-0.1, -0.05) is 29.8 Å². The SMILES string of the molecule is Cc1cccc(C2=NN(c3nc(C)cc(C)n3)CCC2)c1. The van der Waals surface area contributed by atoms with E-state index >= 15 is 0 Å². The summed E-state index contributed by atoms with van der Waals surface area (Å²) in [6.45, 7) is 6.97. The highest BCUT2D eigenvalue weighted by molar-refractivity contribution is 6.01. The lowest BCUT2D eigenvalue weighted by Gasteiger charge is -2.24. The van der Waals surface area contributed by atoms with E-state index in [9.17, 15) is 0 Å². The number of hydrazone groups is 1. The van der Waals surface area contributed by atoms with Crippen LogP contribution in [0.5, 0.6) is 0 Å². The molecule has 1 aromatic carbocycles. The van der Waals surface area contributed by atoms with Gasteiger partial charge in [0.15, 0.2) is 0 Å². The van der Waals surface area contributed by atoms with Gasteiger partial charge < -0.3 is 0 Å². The number of anilines is 1. The van der Waals surface area contributed by atoms with Gasteiger partial charge in [-0.25, -0.2) is 15.0 Å². The second kappa shape index (κ2) is 5.64. The average Bonchev–Trinajstić information content (AvgIpc) is 2.46. The van der Waals surface area contributed by atoms with Gasteiger partial charge in [0, 0.05) is 17.9 Å². The molecule has 1 aliphatic rings. The second-order valence-electron chi connectivity index (χ2n) is 5.59. The van der Waals surface area contributed by atoms with E-state index in [4.69, 9.17) is 5.10 Å². The van der Waals surface area contributed by atoms with Crippen LogP contribution in [0.25, 0.3) is 0 Å². The summed E-state index contributed by atoms with van der Waals surface area (Å²) in [7, 11) is 0. The molecule has 0 fully saturated rings. The summed E-state index contributed by atoms with van der Waals surface area (Å²) < 4.78 is 0. The number of nitrogens with zero attached hydrogens (tertiary/aromatic N) is 4. The highest BCUT2D eigenvalue weighted by Gasteiger charge is 2.17. The summed E-state index contributed by atoms with van der Waals surface area (Å²) >= 11 is 0. The van der Waals surface area contributed by atoms with Crippen LogP contribution >= 0.6 is 0 Å². The normalized spacial score (nSPS) is 15.0. The van der Waals surface area contributed by atoms with Crippen LogP contribution in [0.4, 0.5) is 5.95 Å². The van der Waals surface area contributed by atoms with Gasteiger partial charge in [0.2, 0.25) is 5.95 Å². The summed E-state index contributed by atoms with van der Waals surface area (Å²) in [5.74, 6) is 0.706. The quantitative estimate of drug-likeness (QED) is 0.846. The smallest absolute Gasteiger partial charge is 0.231 e. The van der Waals surface area contributed by atoms with E-state index in [2.05, 4.69) is 41.2 Å². The van der Waals surface area contributed by atoms with E-state index in [1.54, 1.807) is 0 Å². The van der Waals surface area contributed by atoms with Crippen molar-refractivity contribution >= 4 is 11.7 Å². The van der Waals surface area contributed by atoms with Crippen LogP contribution in [0.3, 0.4) is 0 Å². The van der Waals surface area contributed by atoms with Gasteiger partial charge in [-0.05, 0) is 45.2 Å². The first-order valence-electron chi connectivity index (χ1n) is 7.36. The molecule has 0 aliphatic carbocycles. The number of hydrogen-bond acceptors (Lipinski definition) is 4. The lowest BCUT2D eigenvalue weighted by molar-refractivity contribution is 0.715. The van der Waals surface area contributed by atoms with Gasteiger partial charge in [0.1, 0.15) is 0 Å². The minimum absolute atomic E-state index is 0.706. The van der Waals surface area contributed by atoms with Crippen LogP contribution in [-0.4, -0.2) is 22.2 Å². The van der Waals surface area contributed by atoms with Crippen LogP contribution in [0, 0.1) is 20.8 Å². The fourth-order valence-corrected chi connectivity index (χ4v) is 2.64. The Morgan fingerprint density at radius 3 is 2.48 bits per heavy atom. The highest BCUT2D eigenvalue weighted by Crippen LogP contribution is 2.19. The Morgan fingerprint density at radius 1 is 1.00 bits per heavy atom. The molecule has 2 heterocycles. The Labute approximate surface area is 125 Å². The predicted octanol–water partition coefficient (Wildman–Crippen LogP) is 3.41. The van der Waals surface area contributed by atoms with E-state index in [0.29, 0.717) is 5.95 Å². The van der Waals surface area contributed by atoms with Gasteiger partial charge in [-0.2, -0.15) is 5.10 Å². The molecule has 4 nitrogen and oxygen atoms in total. The molecular formula is C17H20N4. The van der Waals surface area contributed by atoms with Crippen molar-refractivity contribution in [1.29, 1.82) is 0 Å². The van der Waals surface area contributed by atoms with Crippen LogP contribution in [0.2, 0.25) is 0 Å². The number of rotatable bonds is 2. The maximum Gasteiger partial charge on any atom is 0.246 e. The predicted molar refractivity (Wildman–Crippen MR) is 85.8 cm³/mol. The average molecular weight is 280 g/mol. The first kappa shape index (κ1) is 13.7. The Kier molecular flexibility index (Phi) is 3.69. The van der Waals surface area contributed by atoms with Gasteiger partial charge >= 0.3 is 0 Å². The fourth-order valence-electron chi connectivity index (χ4n) is 2.64. The van der Waals surface area contributed by atoms with Crippen LogP contribution in [0.1, 0.15) is 35.4 Å². The van der Waals surface area contributed by atoms with Crippen LogP contribution in [0.15, 0.2) is 35.4 Å². The Hall–Kier alpha value is -2.23. The zero-order valence-corrected chi connectivity index (χ0v) is 12.8.